The van der Waals surface area contributed by atoms with Gasteiger partial charge in [0.25, 0.3) is 5.91 Å². The van der Waals surface area contributed by atoms with E-state index in [1.54, 1.807) is 0 Å². The van der Waals surface area contributed by atoms with Crippen molar-refractivity contribution in [1.29, 1.82) is 0 Å². The second-order valence-corrected chi connectivity index (χ2v) is 8.68. The summed E-state index contributed by atoms with van der Waals surface area (Å²) in [4.78, 5) is 27.3. The lowest BCUT2D eigenvalue weighted by atomic mass is 10.1. The number of benzene rings is 3. The molecule has 158 valence electrons. The fraction of sp³-hybridized carbons (Fsp3) is 0.200. The van der Waals surface area contributed by atoms with Gasteiger partial charge in [-0.05, 0) is 73.4 Å². The number of fused-ring (bicyclic) bond motifs is 1. The van der Waals surface area contributed by atoms with E-state index in [2.05, 4.69) is 39.6 Å². The Hall–Kier alpha value is -3.12. The first kappa shape index (κ1) is 21.1. The topological polar surface area (TPSA) is 61.4 Å². The molecule has 3 amide bonds. The van der Waals surface area contributed by atoms with Crippen LogP contribution in [-0.2, 0) is 13.0 Å². The molecule has 31 heavy (non-hydrogen) atoms. The van der Waals surface area contributed by atoms with Gasteiger partial charge < -0.3 is 15.5 Å². The molecule has 2 N–H and O–H groups in total. The molecular formula is C25H24BrN3O2. The summed E-state index contributed by atoms with van der Waals surface area (Å²) >= 11 is 3.46. The van der Waals surface area contributed by atoms with E-state index >= 15 is 0 Å². The van der Waals surface area contributed by atoms with Gasteiger partial charge in [-0.25, -0.2) is 4.79 Å². The SMILES string of the molecule is Cc1cc(NC(=O)NCc2ccc3c(c2)N(C(=O)c2ccccc2)[C@H](C)C3)ccc1Br. The zero-order chi connectivity index (χ0) is 22.0. The number of nitrogens with zero attached hydrogens (tertiary/aromatic N) is 1. The molecule has 3 aromatic rings. The molecule has 1 aliphatic heterocycles. The molecule has 1 heterocycles. The highest BCUT2D eigenvalue weighted by Gasteiger charge is 2.31. The summed E-state index contributed by atoms with van der Waals surface area (Å²) in [5.41, 5.74) is 5.48. The lowest BCUT2D eigenvalue weighted by molar-refractivity contribution is 0.0981. The molecular weight excluding hydrogens is 454 g/mol. The summed E-state index contributed by atoms with van der Waals surface area (Å²) in [6.45, 7) is 4.41. The second-order valence-electron chi connectivity index (χ2n) is 7.83. The van der Waals surface area contributed by atoms with E-state index in [4.69, 9.17) is 0 Å². The maximum absolute atomic E-state index is 13.1. The van der Waals surface area contributed by atoms with Crippen LogP contribution in [-0.4, -0.2) is 18.0 Å². The zero-order valence-corrected chi connectivity index (χ0v) is 19.1. The van der Waals surface area contributed by atoms with Gasteiger partial charge in [0.2, 0.25) is 0 Å². The molecule has 6 heteroatoms. The summed E-state index contributed by atoms with van der Waals surface area (Å²) in [6, 6.07) is 20.9. The van der Waals surface area contributed by atoms with E-state index in [0.29, 0.717) is 12.1 Å². The smallest absolute Gasteiger partial charge is 0.319 e. The molecule has 0 radical (unpaired) electrons. The Morgan fingerprint density at radius 3 is 2.58 bits per heavy atom. The van der Waals surface area contributed by atoms with Crippen molar-refractivity contribution in [2.24, 2.45) is 0 Å². The highest BCUT2D eigenvalue weighted by atomic mass is 79.9. The van der Waals surface area contributed by atoms with Crippen molar-refractivity contribution >= 4 is 39.2 Å². The standard InChI is InChI=1S/C25H24BrN3O2/c1-16-12-21(10-11-22(16)26)28-25(31)27-15-18-8-9-20-13-17(2)29(23(20)14-18)24(30)19-6-4-3-5-7-19/h3-12,14,17H,13,15H2,1-2H3,(H2,27,28,31)/t17-/m1/s1. The number of aryl methyl sites for hydroxylation is 1. The molecule has 0 aliphatic carbocycles. The number of hydrogen-bond acceptors (Lipinski definition) is 2. The van der Waals surface area contributed by atoms with Crippen molar-refractivity contribution in [2.75, 3.05) is 10.2 Å². The molecule has 0 saturated heterocycles. The third kappa shape index (κ3) is 4.64. The molecule has 0 aromatic heterocycles. The molecule has 3 aromatic carbocycles. The fourth-order valence-electron chi connectivity index (χ4n) is 3.87. The van der Waals surface area contributed by atoms with E-state index < -0.39 is 0 Å². The lowest BCUT2D eigenvalue weighted by Crippen LogP contribution is -2.35. The van der Waals surface area contributed by atoms with Crippen molar-refractivity contribution in [2.45, 2.75) is 32.9 Å². The molecule has 0 bridgehead atoms. The van der Waals surface area contributed by atoms with Crippen LogP contribution in [0.4, 0.5) is 16.2 Å². The van der Waals surface area contributed by atoms with Gasteiger partial charge in [0.15, 0.2) is 0 Å². The molecule has 4 rings (SSSR count). The summed E-state index contributed by atoms with van der Waals surface area (Å²) in [5.74, 6) is 0.000287. The van der Waals surface area contributed by atoms with Crippen molar-refractivity contribution in [3.8, 4) is 0 Å². The monoisotopic (exact) mass is 477 g/mol. The van der Waals surface area contributed by atoms with Crippen LogP contribution in [0.5, 0.6) is 0 Å². The third-order valence-corrected chi connectivity index (χ3v) is 6.36. The van der Waals surface area contributed by atoms with Crippen LogP contribution < -0.4 is 15.5 Å². The van der Waals surface area contributed by atoms with Crippen LogP contribution in [0.15, 0.2) is 71.2 Å². The quantitative estimate of drug-likeness (QED) is 0.508. The van der Waals surface area contributed by atoms with Crippen molar-refractivity contribution in [1.82, 2.24) is 5.32 Å². The van der Waals surface area contributed by atoms with Crippen molar-refractivity contribution in [3.63, 3.8) is 0 Å². The number of carbonyl (C=O) groups excluding carboxylic acids is 2. The fourth-order valence-corrected chi connectivity index (χ4v) is 4.12. The maximum atomic E-state index is 13.1. The maximum Gasteiger partial charge on any atom is 0.319 e. The Balaban J connectivity index is 1.45. The van der Waals surface area contributed by atoms with Gasteiger partial charge in [0.1, 0.15) is 0 Å². The normalized spacial score (nSPS) is 14.8. The van der Waals surface area contributed by atoms with Gasteiger partial charge in [-0.2, -0.15) is 0 Å². The van der Waals surface area contributed by atoms with Crippen LogP contribution >= 0.6 is 15.9 Å². The number of anilines is 2. The van der Waals surface area contributed by atoms with Crippen molar-refractivity contribution in [3.05, 3.63) is 93.5 Å². The van der Waals surface area contributed by atoms with E-state index in [0.717, 1.165) is 39.0 Å². The van der Waals surface area contributed by atoms with Gasteiger partial charge >= 0.3 is 6.03 Å². The van der Waals surface area contributed by atoms with Crippen LogP contribution in [0.2, 0.25) is 0 Å². The predicted octanol–water partition coefficient (Wildman–Crippen LogP) is 5.67. The first-order valence-corrected chi connectivity index (χ1v) is 11.0. The van der Waals surface area contributed by atoms with Crippen LogP contribution in [0, 0.1) is 6.92 Å². The van der Waals surface area contributed by atoms with Gasteiger partial charge in [-0.3, -0.25) is 4.79 Å². The van der Waals surface area contributed by atoms with E-state index in [1.165, 1.54) is 0 Å². The summed E-state index contributed by atoms with van der Waals surface area (Å²) in [6.07, 6.45) is 0.824. The minimum Gasteiger partial charge on any atom is -0.334 e. The summed E-state index contributed by atoms with van der Waals surface area (Å²) in [7, 11) is 0. The highest BCUT2D eigenvalue weighted by molar-refractivity contribution is 9.10. The average Bonchev–Trinajstić information content (AvgIpc) is 3.10. The molecule has 1 aliphatic rings. The minimum atomic E-state index is -0.271. The third-order valence-electron chi connectivity index (χ3n) is 5.47. The van der Waals surface area contributed by atoms with Crippen molar-refractivity contribution < 1.29 is 9.59 Å². The second kappa shape index (κ2) is 8.94. The highest BCUT2D eigenvalue weighted by Crippen LogP contribution is 2.34. The zero-order valence-electron chi connectivity index (χ0n) is 17.5. The van der Waals surface area contributed by atoms with Gasteiger partial charge in [-0.15, -0.1) is 0 Å². The first-order valence-electron chi connectivity index (χ1n) is 10.2. The van der Waals surface area contributed by atoms with E-state index in [9.17, 15) is 9.59 Å². The van der Waals surface area contributed by atoms with Gasteiger partial charge in [0.05, 0.1) is 0 Å². The number of carbonyl (C=O) groups is 2. The molecule has 0 unspecified atom stereocenters. The Morgan fingerprint density at radius 1 is 1.06 bits per heavy atom. The average molecular weight is 478 g/mol. The van der Waals surface area contributed by atoms with Gasteiger partial charge in [-0.1, -0.05) is 46.3 Å². The Kier molecular flexibility index (Phi) is 6.09. The summed E-state index contributed by atoms with van der Waals surface area (Å²) in [5, 5.41) is 5.75. The minimum absolute atomic E-state index is 0.000287. The van der Waals surface area contributed by atoms with E-state index in [1.807, 2.05) is 72.5 Å². The number of rotatable bonds is 4. The Morgan fingerprint density at radius 2 is 1.84 bits per heavy atom. The molecule has 0 fully saturated rings. The molecule has 0 saturated carbocycles. The van der Waals surface area contributed by atoms with Crippen LogP contribution in [0.25, 0.3) is 0 Å². The number of hydrogen-bond donors (Lipinski definition) is 2. The van der Waals surface area contributed by atoms with Gasteiger partial charge in [0, 0.05) is 34.0 Å². The van der Waals surface area contributed by atoms with Crippen LogP contribution in [0.3, 0.4) is 0 Å². The number of halogens is 1. The molecule has 5 nitrogen and oxygen atoms in total. The largest absolute Gasteiger partial charge is 0.334 e. The Bertz CT molecular complexity index is 1130. The number of nitrogens with one attached hydrogen (secondary N) is 2. The van der Waals surface area contributed by atoms with E-state index in [-0.39, 0.29) is 18.0 Å². The summed E-state index contributed by atoms with van der Waals surface area (Å²) < 4.78 is 1.00. The van der Waals surface area contributed by atoms with Crippen LogP contribution in [0.1, 0.15) is 34.0 Å². The number of urea groups is 1. The first-order chi connectivity index (χ1) is 14.9. The predicted molar refractivity (Wildman–Crippen MR) is 128 cm³/mol. The Labute approximate surface area is 190 Å². The number of amides is 3. The molecule has 0 spiro atoms. The molecule has 1 atom stereocenters. The lowest BCUT2D eigenvalue weighted by Gasteiger charge is -2.23.